The van der Waals surface area contributed by atoms with E-state index in [1.165, 1.54) is 4.90 Å². The maximum atomic E-state index is 13.6. The summed E-state index contributed by atoms with van der Waals surface area (Å²) in [6, 6.07) is 0.337. The van der Waals surface area contributed by atoms with Gasteiger partial charge in [-0.1, -0.05) is 19.4 Å². The van der Waals surface area contributed by atoms with Gasteiger partial charge in [-0.3, -0.25) is 0 Å². The highest BCUT2D eigenvalue weighted by Gasteiger charge is 2.44. The number of halogens is 6. The fraction of sp³-hybridized carbons (Fsp3) is 0.581. The van der Waals surface area contributed by atoms with Crippen LogP contribution in [0.1, 0.15) is 75.7 Å². The van der Waals surface area contributed by atoms with Gasteiger partial charge in [-0.2, -0.15) is 26.3 Å². The first kappa shape index (κ1) is 33.9. The zero-order chi connectivity index (χ0) is 32.8. The lowest BCUT2D eigenvalue weighted by molar-refractivity contribution is -0.150. The van der Waals surface area contributed by atoms with Crippen molar-refractivity contribution in [3.05, 3.63) is 69.1 Å². The molecular weight excluding hydrogens is 592 g/mol. The van der Waals surface area contributed by atoms with Crippen molar-refractivity contribution in [2.75, 3.05) is 27.7 Å². The largest absolute Gasteiger partial charge is 0.500 e. The number of amides is 2. The smallest absolute Gasteiger partial charge is 0.416 e. The second-order valence-electron chi connectivity index (χ2n) is 12.6. The van der Waals surface area contributed by atoms with E-state index in [0.29, 0.717) is 37.8 Å². The molecule has 0 radical (unpaired) electrons. The van der Waals surface area contributed by atoms with Crippen LogP contribution in [-0.2, 0) is 21.8 Å². The number of benzene rings is 1. The van der Waals surface area contributed by atoms with E-state index in [0.717, 1.165) is 34.6 Å². The first-order valence-corrected chi connectivity index (χ1v) is 14.4. The average Bonchev–Trinajstić information content (AvgIpc) is 3.20. The van der Waals surface area contributed by atoms with E-state index in [2.05, 4.69) is 19.2 Å². The summed E-state index contributed by atoms with van der Waals surface area (Å²) in [5, 5.41) is 13.8. The van der Waals surface area contributed by atoms with Gasteiger partial charge in [0.2, 0.25) is 6.41 Å². The number of carbonyl (C=O) groups is 1. The van der Waals surface area contributed by atoms with Crippen molar-refractivity contribution in [3.8, 4) is 0 Å². The second-order valence-corrected chi connectivity index (χ2v) is 12.6. The predicted octanol–water partition coefficient (Wildman–Crippen LogP) is 7.12. The Balaban J connectivity index is 1.71. The van der Waals surface area contributed by atoms with E-state index in [1.54, 1.807) is 33.0 Å². The van der Waals surface area contributed by atoms with E-state index in [4.69, 9.17) is 9.47 Å². The zero-order valence-corrected chi connectivity index (χ0v) is 25.6. The van der Waals surface area contributed by atoms with E-state index in [1.807, 2.05) is 6.08 Å². The molecule has 7 nitrogen and oxygen atoms in total. The number of hydrogen-bond donors (Lipinski definition) is 2. The number of alkyl halides is 6. The van der Waals surface area contributed by atoms with Gasteiger partial charge in [0.15, 0.2) is 0 Å². The lowest BCUT2D eigenvalue weighted by Crippen LogP contribution is -2.39. The van der Waals surface area contributed by atoms with Crippen molar-refractivity contribution in [2.24, 2.45) is 5.41 Å². The number of aliphatic hydroxyl groups excluding tert-OH is 1. The monoisotopic (exact) mass is 631 g/mol. The summed E-state index contributed by atoms with van der Waals surface area (Å²) in [5.74, 6) is 0.743. The van der Waals surface area contributed by atoms with Crippen LogP contribution in [0, 0.1) is 5.41 Å². The number of nitrogens with one attached hydrogen (secondary N) is 1. The Morgan fingerprint density at radius 2 is 1.70 bits per heavy atom. The van der Waals surface area contributed by atoms with E-state index in [9.17, 15) is 36.2 Å². The number of ether oxygens (including phenoxy) is 2. The topological polar surface area (TPSA) is 74.3 Å². The third-order valence-electron chi connectivity index (χ3n) is 8.48. The minimum atomic E-state index is -5.01. The highest BCUT2D eigenvalue weighted by atomic mass is 19.4. The molecule has 4 rings (SSSR count). The van der Waals surface area contributed by atoms with E-state index < -0.39 is 42.0 Å². The van der Waals surface area contributed by atoms with Crippen molar-refractivity contribution < 1.29 is 45.7 Å². The summed E-state index contributed by atoms with van der Waals surface area (Å²) >= 11 is 0. The fourth-order valence-electron chi connectivity index (χ4n) is 6.06. The fourth-order valence-corrected chi connectivity index (χ4v) is 6.06. The summed E-state index contributed by atoms with van der Waals surface area (Å²) in [6.45, 7) is 5.99. The third kappa shape index (κ3) is 7.43. The van der Waals surface area contributed by atoms with Gasteiger partial charge in [-0.15, -0.1) is 0 Å². The number of nitrogens with zero attached hydrogens (tertiary/aromatic N) is 2. The van der Waals surface area contributed by atoms with Crippen molar-refractivity contribution >= 4 is 6.03 Å². The van der Waals surface area contributed by atoms with Gasteiger partial charge in [0.1, 0.15) is 11.9 Å². The average molecular weight is 632 g/mol. The number of urea groups is 1. The molecule has 2 aliphatic carbocycles. The highest BCUT2D eigenvalue weighted by Crippen LogP contribution is 2.46. The molecule has 0 saturated carbocycles. The molecule has 3 aliphatic rings. The van der Waals surface area contributed by atoms with Crippen molar-refractivity contribution in [3.63, 3.8) is 0 Å². The molecule has 44 heavy (non-hydrogen) atoms. The van der Waals surface area contributed by atoms with Crippen LogP contribution in [0.3, 0.4) is 0 Å². The Bertz CT molecular complexity index is 1330. The zero-order valence-electron chi connectivity index (χ0n) is 25.6. The van der Waals surface area contributed by atoms with Gasteiger partial charge in [0.05, 0.1) is 18.2 Å². The Labute approximate surface area is 253 Å². The number of carbonyl (C=O) groups excluding carboxylic acids is 1. The number of hydrogen-bond acceptors (Lipinski definition) is 5. The van der Waals surface area contributed by atoms with Crippen LogP contribution >= 0.6 is 0 Å². The maximum absolute atomic E-state index is 13.6. The molecule has 0 aromatic heterocycles. The molecule has 0 bridgehead atoms. The van der Waals surface area contributed by atoms with Crippen LogP contribution in [0.2, 0.25) is 0 Å². The van der Waals surface area contributed by atoms with Crippen molar-refractivity contribution in [1.82, 2.24) is 15.1 Å². The molecule has 2 N–H and O–H groups in total. The third-order valence-corrected chi connectivity index (χ3v) is 8.48. The Kier molecular flexibility index (Phi) is 9.54. The van der Waals surface area contributed by atoms with E-state index >= 15 is 0 Å². The Morgan fingerprint density at radius 1 is 1.09 bits per heavy atom. The molecule has 1 unspecified atom stereocenters. The van der Waals surface area contributed by atoms with Crippen LogP contribution in [0.5, 0.6) is 0 Å². The lowest BCUT2D eigenvalue weighted by atomic mass is 9.72. The van der Waals surface area contributed by atoms with Gasteiger partial charge in [-0.05, 0) is 73.4 Å². The van der Waals surface area contributed by atoms with Gasteiger partial charge in [0, 0.05) is 44.4 Å². The second kappa shape index (κ2) is 12.4. The van der Waals surface area contributed by atoms with Crippen LogP contribution in [0.25, 0.3) is 0 Å². The number of allylic oxidation sites excluding steroid dienone is 5. The van der Waals surface area contributed by atoms with Crippen LogP contribution in [-0.4, -0.2) is 61.1 Å². The summed E-state index contributed by atoms with van der Waals surface area (Å²) in [4.78, 5) is 15.3. The molecular formula is C31H39F6N3O4. The van der Waals surface area contributed by atoms with Gasteiger partial charge < -0.3 is 24.8 Å². The Morgan fingerprint density at radius 3 is 2.25 bits per heavy atom. The van der Waals surface area contributed by atoms with Crippen molar-refractivity contribution in [2.45, 2.75) is 83.8 Å². The summed E-state index contributed by atoms with van der Waals surface area (Å²) in [5.41, 5.74) is 0.153. The molecule has 1 saturated heterocycles. The maximum Gasteiger partial charge on any atom is 0.416 e. The minimum absolute atomic E-state index is 0.0759. The summed E-state index contributed by atoms with van der Waals surface area (Å²) in [7, 11) is 4.86. The normalized spacial score (nSPS) is 24.8. The first-order chi connectivity index (χ1) is 20.3. The molecule has 13 heteroatoms. The molecule has 3 atom stereocenters. The Hall–Kier alpha value is -3.03. The van der Waals surface area contributed by atoms with Gasteiger partial charge >= 0.3 is 18.4 Å². The standard InChI is InChI=1S/C31H39F6N3O4/c1-17-26(18-11-20(30(32,33)34)13-21(12-18)31(35,36)37)44-28(42)40(17)16-19-15-29(2,3)10-9-23(19)24-14-22(7-8-25(24)43-6)38-27(41)39(4)5/h11-14,17,26,28,42H,7-10,15-16H2,1-6H3,(H,38,41)/t17-,26-,28?/m0/s1. The summed E-state index contributed by atoms with van der Waals surface area (Å²) < 4.78 is 92.7. The molecule has 0 spiro atoms. The van der Waals surface area contributed by atoms with E-state index in [-0.39, 0.29) is 29.6 Å². The first-order valence-electron chi connectivity index (χ1n) is 14.4. The van der Waals surface area contributed by atoms with Crippen LogP contribution < -0.4 is 5.32 Å². The number of aliphatic hydroxyl groups is 1. The number of methoxy groups -OCH3 is 1. The number of rotatable bonds is 6. The summed E-state index contributed by atoms with van der Waals surface area (Å²) in [6.07, 6.45) is -7.67. The van der Waals surface area contributed by atoms with Crippen LogP contribution in [0.15, 0.2) is 52.5 Å². The molecule has 1 aromatic carbocycles. The molecule has 1 heterocycles. The van der Waals surface area contributed by atoms with Gasteiger partial charge in [0.25, 0.3) is 0 Å². The highest BCUT2D eigenvalue weighted by molar-refractivity contribution is 5.75. The van der Waals surface area contributed by atoms with Crippen LogP contribution in [0.4, 0.5) is 31.1 Å². The van der Waals surface area contributed by atoms with Gasteiger partial charge in [-0.25, -0.2) is 9.69 Å². The molecule has 1 aliphatic heterocycles. The quantitative estimate of drug-likeness (QED) is 0.327. The molecule has 244 valence electrons. The molecule has 1 fully saturated rings. The molecule has 2 amide bonds. The lowest BCUT2D eigenvalue weighted by Gasteiger charge is -2.37. The van der Waals surface area contributed by atoms with Crippen molar-refractivity contribution in [1.29, 1.82) is 0 Å². The molecule has 1 aromatic rings. The predicted molar refractivity (Wildman–Crippen MR) is 151 cm³/mol. The SMILES string of the molecule is COC1=C(C2=C(CN3C(O)O[C@H](c4cc(C(F)(F)F)cc(C(F)(F)F)c4)[C@@H]3C)CC(C)(C)CC2)C=C(NC(=O)N(C)C)CC1. The minimum Gasteiger partial charge on any atom is -0.500 e.